The summed E-state index contributed by atoms with van der Waals surface area (Å²) in [4.78, 5) is 0. The van der Waals surface area contributed by atoms with E-state index in [2.05, 4.69) is 9.85 Å². The molecule has 0 spiro atoms. The van der Waals surface area contributed by atoms with Crippen LogP contribution in [0, 0.1) is 9.85 Å². The lowest BCUT2D eigenvalue weighted by atomic mass is 10.2. The van der Waals surface area contributed by atoms with Crippen LogP contribution in [0.3, 0.4) is 0 Å². The molecular weight excluding hydrogens is 275 g/mol. The highest BCUT2D eigenvalue weighted by atomic mass is 127. The predicted molar refractivity (Wildman–Crippen MR) is 61.0 cm³/mol. The van der Waals surface area contributed by atoms with Gasteiger partial charge in [0.25, 0.3) is 0 Å². The quantitative estimate of drug-likeness (QED) is 0.599. The van der Waals surface area contributed by atoms with Gasteiger partial charge in [-0.2, -0.15) is 0 Å². The van der Waals surface area contributed by atoms with Crippen LogP contribution in [0.2, 0.25) is 0 Å². The molecule has 1 saturated carbocycles. The molecule has 1 aromatic carbocycles. The second-order valence-electron chi connectivity index (χ2n) is 3.03. The molecule has 1 aliphatic carbocycles. The van der Waals surface area contributed by atoms with Crippen LogP contribution in [0.1, 0.15) is 18.4 Å². The van der Waals surface area contributed by atoms with Gasteiger partial charge in [-0.1, -0.05) is 18.1 Å². The summed E-state index contributed by atoms with van der Waals surface area (Å²) >= 11 is 2.04. The van der Waals surface area contributed by atoms with Crippen molar-refractivity contribution in [2.45, 2.75) is 18.9 Å². The average molecular weight is 284 g/mol. The lowest BCUT2D eigenvalue weighted by Crippen LogP contribution is -1.97. The molecule has 0 bridgehead atoms. The Kier molecular flexibility index (Phi) is 2.74. The van der Waals surface area contributed by atoms with Crippen molar-refractivity contribution in [1.29, 1.82) is 0 Å². The number of para-hydroxylation sites is 1. The molecular formula is C11H9IO. The first-order chi connectivity index (χ1) is 6.40. The Morgan fingerprint density at radius 2 is 2.08 bits per heavy atom. The molecule has 1 fully saturated rings. The Bertz CT molecular complexity index is 358. The van der Waals surface area contributed by atoms with Gasteiger partial charge in [-0.15, -0.1) is 0 Å². The van der Waals surface area contributed by atoms with E-state index >= 15 is 0 Å². The van der Waals surface area contributed by atoms with Crippen molar-refractivity contribution < 1.29 is 4.74 Å². The first kappa shape index (κ1) is 8.89. The van der Waals surface area contributed by atoms with Gasteiger partial charge in [-0.25, -0.2) is 0 Å². The van der Waals surface area contributed by atoms with Crippen LogP contribution in [-0.2, 0) is 0 Å². The molecule has 2 heteroatoms. The molecule has 2 rings (SSSR count). The number of hydrogen-bond donors (Lipinski definition) is 0. The molecule has 0 aliphatic heterocycles. The highest BCUT2D eigenvalue weighted by Gasteiger charge is 2.24. The maximum absolute atomic E-state index is 5.70. The molecule has 0 aromatic heterocycles. The molecule has 0 heterocycles. The average Bonchev–Trinajstić information content (AvgIpc) is 2.93. The third-order valence-electron chi connectivity index (χ3n) is 1.89. The molecule has 0 saturated heterocycles. The van der Waals surface area contributed by atoms with E-state index in [9.17, 15) is 0 Å². The lowest BCUT2D eigenvalue weighted by Gasteiger charge is -2.05. The van der Waals surface area contributed by atoms with Gasteiger partial charge in [0, 0.05) is 22.6 Å². The lowest BCUT2D eigenvalue weighted by molar-refractivity contribution is 0.302. The Balaban J connectivity index is 2.23. The molecule has 1 nitrogen and oxygen atoms in total. The van der Waals surface area contributed by atoms with Crippen molar-refractivity contribution in [2.75, 3.05) is 0 Å². The van der Waals surface area contributed by atoms with E-state index in [1.54, 1.807) is 0 Å². The first-order valence-electron chi connectivity index (χ1n) is 4.27. The fraction of sp³-hybridized carbons (Fsp3) is 0.273. The normalized spacial score (nSPS) is 14.5. The maximum atomic E-state index is 5.70. The number of benzene rings is 1. The van der Waals surface area contributed by atoms with Crippen LogP contribution >= 0.6 is 22.6 Å². The zero-order chi connectivity index (χ0) is 9.10. The van der Waals surface area contributed by atoms with Crippen LogP contribution in [0.4, 0.5) is 0 Å². The van der Waals surface area contributed by atoms with Crippen molar-refractivity contribution in [1.82, 2.24) is 0 Å². The Labute approximate surface area is 91.6 Å². The van der Waals surface area contributed by atoms with Gasteiger partial charge in [0.15, 0.2) is 0 Å². The van der Waals surface area contributed by atoms with Crippen LogP contribution in [0.25, 0.3) is 0 Å². The van der Waals surface area contributed by atoms with Gasteiger partial charge in [0.2, 0.25) is 0 Å². The summed E-state index contributed by atoms with van der Waals surface area (Å²) in [6, 6.07) is 7.93. The highest BCUT2D eigenvalue weighted by Crippen LogP contribution is 2.28. The van der Waals surface area contributed by atoms with Gasteiger partial charge in [0.05, 0.1) is 11.7 Å². The minimum absolute atomic E-state index is 0.442. The van der Waals surface area contributed by atoms with E-state index in [0.717, 1.165) is 11.3 Å². The SMILES string of the molecule is IC#Cc1ccccc1OC1CC1. The fourth-order valence-corrected chi connectivity index (χ4v) is 1.38. The first-order valence-corrected chi connectivity index (χ1v) is 5.35. The molecule has 0 unspecified atom stereocenters. The van der Waals surface area contributed by atoms with Gasteiger partial charge in [-0.05, 0) is 28.9 Å². The predicted octanol–water partition coefficient (Wildman–Crippen LogP) is 2.97. The number of rotatable bonds is 2. The Morgan fingerprint density at radius 3 is 2.77 bits per heavy atom. The van der Waals surface area contributed by atoms with Crippen molar-refractivity contribution in [3.05, 3.63) is 29.8 Å². The van der Waals surface area contributed by atoms with Crippen LogP contribution in [0.15, 0.2) is 24.3 Å². The summed E-state index contributed by atoms with van der Waals surface area (Å²) in [6.07, 6.45) is 2.81. The summed E-state index contributed by atoms with van der Waals surface area (Å²) in [5.41, 5.74) is 0.990. The summed E-state index contributed by atoms with van der Waals surface area (Å²) in [7, 11) is 0. The molecule has 0 amide bonds. The zero-order valence-corrected chi connectivity index (χ0v) is 9.24. The minimum atomic E-state index is 0.442. The molecule has 1 aromatic rings. The smallest absolute Gasteiger partial charge is 0.135 e. The molecule has 0 radical (unpaired) electrons. The largest absolute Gasteiger partial charge is 0.489 e. The summed E-state index contributed by atoms with van der Waals surface area (Å²) in [5, 5.41) is 0. The summed E-state index contributed by atoms with van der Waals surface area (Å²) in [5.74, 6) is 3.95. The van der Waals surface area contributed by atoms with Gasteiger partial charge >= 0.3 is 0 Å². The third kappa shape index (κ3) is 2.38. The van der Waals surface area contributed by atoms with Crippen molar-refractivity contribution in [3.8, 4) is 15.6 Å². The van der Waals surface area contributed by atoms with Gasteiger partial charge in [-0.3, -0.25) is 0 Å². The number of hydrogen-bond acceptors (Lipinski definition) is 1. The third-order valence-corrected chi connectivity index (χ3v) is 2.16. The van der Waals surface area contributed by atoms with Crippen molar-refractivity contribution >= 4 is 22.6 Å². The highest BCUT2D eigenvalue weighted by molar-refractivity contribution is 14.1. The number of halogens is 1. The van der Waals surface area contributed by atoms with Gasteiger partial charge < -0.3 is 4.74 Å². The molecule has 0 atom stereocenters. The van der Waals surface area contributed by atoms with E-state index < -0.39 is 0 Å². The second-order valence-corrected chi connectivity index (χ2v) is 3.57. The Morgan fingerprint density at radius 1 is 1.31 bits per heavy atom. The number of ether oxygens (including phenoxy) is 1. The summed E-state index contributed by atoms with van der Waals surface area (Å²) in [6.45, 7) is 0. The molecule has 1 aliphatic rings. The summed E-state index contributed by atoms with van der Waals surface area (Å²) < 4.78 is 8.56. The van der Waals surface area contributed by atoms with Crippen molar-refractivity contribution in [3.63, 3.8) is 0 Å². The van der Waals surface area contributed by atoms with Crippen molar-refractivity contribution in [2.24, 2.45) is 0 Å². The Hall–Kier alpha value is -0.690. The standard InChI is InChI=1S/C11H9IO/c12-8-7-9-3-1-2-4-11(9)13-10-5-6-10/h1-4,10H,5-6H2. The van der Waals surface area contributed by atoms with Crippen LogP contribution < -0.4 is 4.74 Å². The fourth-order valence-electron chi connectivity index (χ4n) is 1.09. The molecule has 13 heavy (non-hydrogen) atoms. The maximum Gasteiger partial charge on any atom is 0.135 e. The van der Waals surface area contributed by atoms with Crippen LogP contribution in [-0.4, -0.2) is 6.10 Å². The van der Waals surface area contributed by atoms with E-state index in [0.29, 0.717) is 6.10 Å². The van der Waals surface area contributed by atoms with Gasteiger partial charge in [0.1, 0.15) is 5.75 Å². The van der Waals surface area contributed by atoms with E-state index in [1.807, 2.05) is 46.9 Å². The zero-order valence-electron chi connectivity index (χ0n) is 7.09. The molecule has 66 valence electrons. The van der Waals surface area contributed by atoms with Crippen LogP contribution in [0.5, 0.6) is 5.75 Å². The molecule has 0 N–H and O–H groups in total. The topological polar surface area (TPSA) is 9.23 Å². The minimum Gasteiger partial charge on any atom is -0.489 e. The van der Waals surface area contributed by atoms with E-state index in [-0.39, 0.29) is 0 Å². The second kappa shape index (κ2) is 4.01. The van der Waals surface area contributed by atoms with E-state index in [4.69, 9.17) is 4.74 Å². The van der Waals surface area contributed by atoms with E-state index in [1.165, 1.54) is 12.8 Å². The monoisotopic (exact) mass is 284 g/mol.